The SMILES string of the molecule is C[C@@H](Cn1ccc(-c2ccc(C#N)c(Cl)c2)n1)NC(=O)c1cc([C@@H](C)O)[nH]n1. The highest BCUT2D eigenvalue weighted by atomic mass is 35.5. The third-order valence-corrected chi connectivity index (χ3v) is 4.46. The number of rotatable bonds is 6. The molecule has 2 atom stereocenters. The molecule has 3 aromatic rings. The van der Waals surface area contributed by atoms with E-state index in [9.17, 15) is 9.90 Å². The van der Waals surface area contributed by atoms with Crippen LogP contribution in [0.5, 0.6) is 0 Å². The van der Waals surface area contributed by atoms with Gasteiger partial charge in [0.05, 0.1) is 34.6 Å². The molecular weight excluding hydrogens is 380 g/mol. The Morgan fingerprint density at radius 2 is 2.18 bits per heavy atom. The summed E-state index contributed by atoms with van der Waals surface area (Å²) in [5.74, 6) is -0.332. The number of hydrogen-bond acceptors (Lipinski definition) is 5. The summed E-state index contributed by atoms with van der Waals surface area (Å²) in [6, 6.07) is 10.3. The van der Waals surface area contributed by atoms with Gasteiger partial charge in [0, 0.05) is 17.8 Å². The number of aliphatic hydroxyl groups excluding tert-OH is 1. The Kier molecular flexibility index (Phi) is 5.78. The molecule has 0 bridgehead atoms. The minimum atomic E-state index is -0.718. The predicted octanol–water partition coefficient (Wildman–Crippen LogP) is 2.67. The first-order valence-corrected chi connectivity index (χ1v) is 9.03. The molecule has 1 aromatic carbocycles. The summed E-state index contributed by atoms with van der Waals surface area (Å²) in [6.45, 7) is 3.91. The van der Waals surface area contributed by atoms with Gasteiger partial charge < -0.3 is 10.4 Å². The topological polar surface area (TPSA) is 120 Å². The van der Waals surface area contributed by atoms with Gasteiger partial charge in [0.2, 0.25) is 0 Å². The molecule has 28 heavy (non-hydrogen) atoms. The third kappa shape index (κ3) is 4.39. The number of halogens is 1. The highest BCUT2D eigenvalue weighted by Crippen LogP contribution is 2.24. The normalized spacial score (nSPS) is 13.0. The van der Waals surface area contributed by atoms with Crippen LogP contribution in [0.3, 0.4) is 0 Å². The van der Waals surface area contributed by atoms with E-state index in [4.69, 9.17) is 16.9 Å². The number of carbonyl (C=O) groups is 1. The van der Waals surface area contributed by atoms with Crippen LogP contribution < -0.4 is 5.32 Å². The maximum Gasteiger partial charge on any atom is 0.272 e. The van der Waals surface area contributed by atoms with Gasteiger partial charge in [-0.2, -0.15) is 15.5 Å². The predicted molar refractivity (Wildman–Crippen MR) is 104 cm³/mol. The van der Waals surface area contributed by atoms with E-state index in [0.717, 1.165) is 11.3 Å². The molecule has 0 aliphatic heterocycles. The molecule has 9 heteroatoms. The van der Waals surface area contributed by atoms with Gasteiger partial charge in [-0.1, -0.05) is 17.7 Å². The number of amides is 1. The van der Waals surface area contributed by atoms with E-state index < -0.39 is 6.10 Å². The zero-order valence-electron chi connectivity index (χ0n) is 15.3. The van der Waals surface area contributed by atoms with Crippen LogP contribution in [0.25, 0.3) is 11.3 Å². The lowest BCUT2D eigenvalue weighted by atomic mass is 10.1. The van der Waals surface area contributed by atoms with Gasteiger partial charge in [-0.25, -0.2) is 0 Å². The monoisotopic (exact) mass is 398 g/mol. The van der Waals surface area contributed by atoms with Gasteiger partial charge in [-0.3, -0.25) is 14.6 Å². The van der Waals surface area contributed by atoms with Crippen LogP contribution in [0.1, 0.15) is 41.7 Å². The van der Waals surface area contributed by atoms with Crippen molar-refractivity contribution in [3.05, 3.63) is 58.5 Å². The van der Waals surface area contributed by atoms with Crippen molar-refractivity contribution in [2.45, 2.75) is 32.5 Å². The highest BCUT2D eigenvalue weighted by molar-refractivity contribution is 6.32. The fourth-order valence-electron chi connectivity index (χ4n) is 2.67. The van der Waals surface area contributed by atoms with E-state index in [1.807, 2.05) is 25.3 Å². The Hall–Kier alpha value is -3.15. The third-order valence-electron chi connectivity index (χ3n) is 4.14. The number of aliphatic hydroxyl groups is 1. The van der Waals surface area contributed by atoms with Crippen LogP contribution in [-0.2, 0) is 6.54 Å². The van der Waals surface area contributed by atoms with Gasteiger partial charge in [0.25, 0.3) is 5.91 Å². The summed E-state index contributed by atoms with van der Waals surface area (Å²) < 4.78 is 1.72. The maximum atomic E-state index is 12.3. The van der Waals surface area contributed by atoms with Crippen LogP contribution in [0.15, 0.2) is 36.5 Å². The van der Waals surface area contributed by atoms with E-state index in [-0.39, 0.29) is 17.6 Å². The minimum absolute atomic E-state index is 0.198. The molecule has 0 radical (unpaired) electrons. The molecule has 0 aliphatic rings. The van der Waals surface area contributed by atoms with Crippen molar-refractivity contribution in [1.29, 1.82) is 5.26 Å². The van der Waals surface area contributed by atoms with Crippen LogP contribution in [0.4, 0.5) is 0 Å². The van der Waals surface area contributed by atoms with Crippen molar-refractivity contribution in [2.75, 3.05) is 0 Å². The fraction of sp³-hybridized carbons (Fsp3) is 0.263. The fourth-order valence-corrected chi connectivity index (χ4v) is 2.90. The first-order valence-electron chi connectivity index (χ1n) is 8.65. The van der Waals surface area contributed by atoms with Crippen molar-refractivity contribution < 1.29 is 9.90 Å². The summed E-state index contributed by atoms with van der Waals surface area (Å²) in [6.07, 6.45) is 1.09. The Labute approximate surface area is 166 Å². The van der Waals surface area contributed by atoms with Crippen molar-refractivity contribution in [1.82, 2.24) is 25.3 Å². The summed E-state index contributed by atoms with van der Waals surface area (Å²) in [5.41, 5.74) is 2.64. The lowest BCUT2D eigenvalue weighted by Crippen LogP contribution is -2.36. The minimum Gasteiger partial charge on any atom is -0.387 e. The lowest BCUT2D eigenvalue weighted by Gasteiger charge is -2.13. The molecule has 144 valence electrons. The first-order chi connectivity index (χ1) is 13.4. The van der Waals surface area contributed by atoms with Gasteiger partial charge in [-0.15, -0.1) is 0 Å². The number of aromatic nitrogens is 4. The molecule has 0 saturated heterocycles. The summed E-state index contributed by atoms with van der Waals surface area (Å²) >= 11 is 6.08. The number of nitrogens with zero attached hydrogens (tertiary/aromatic N) is 4. The second kappa shape index (κ2) is 8.25. The molecule has 8 nitrogen and oxygen atoms in total. The summed E-state index contributed by atoms with van der Waals surface area (Å²) in [7, 11) is 0. The first kappa shape index (κ1) is 19.6. The Morgan fingerprint density at radius 3 is 2.82 bits per heavy atom. The average Bonchev–Trinajstić information content (AvgIpc) is 3.31. The highest BCUT2D eigenvalue weighted by Gasteiger charge is 2.16. The quantitative estimate of drug-likeness (QED) is 0.589. The Balaban J connectivity index is 1.63. The van der Waals surface area contributed by atoms with Crippen LogP contribution in [0.2, 0.25) is 5.02 Å². The van der Waals surface area contributed by atoms with Crippen molar-refractivity contribution in [3.8, 4) is 17.3 Å². The number of carbonyl (C=O) groups excluding carboxylic acids is 1. The summed E-state index contributed by atoms with van der Waals surface area (Å²) in [4.78, 5) is 12.3. The molecule has 3 N–H and O–H groups in total. The van der Waals surface area contributed by atoms with Crippen LogP contribution in [0, 0.1) is 11.3 Å². The number of benzene rings is 1. The zero-order chi connectivity index (χ0) is 20.3. The van der Waals surface area contributed by atoms with E-state index in [2.05, 4.69) is 20.6 Å². The maximum absolute atomic E-state index is 12.3. The molecule has 2 heterocycles. The second-order valence-corrected chi connectivity index (χ2v) is 6.90. The average molecular weight is 399 g/mol. The summed E-state index contributed by atoms with van der Waals surface area (Å²) in [5, 5.41) is 32.7. The van der Waals surface area contributed by atoms with Gasteiger partial charge in [-0.05, 0) is 38.1 Å². The molecule has 3 rings (SSSR count). The van der Waals surface area contributed by atoms with Crippen LogP contribution in [-0.4, -0.2) is 37.0 Å². The molecular formula is C19H19ClN6O2. The van der Waals surface area contributed by atoms with Crippen molar-refractivity contribution in [3.63, 3.8) is 0 Å². The molecule has 0 fully saturated rings. The largest absolute Gasteiger partial charge is 0.387 e. The standard InChI is InChI=1S/C19H19ClN6O2/c1-11(22-19(28)18-8-17(12(2)27)23-24-18)10-26-6-5-16(25-26)13-3-4-14(9-21)15(20)7-13/h3-8,11-12,27H,10H2,1-2H3,(H,22,28)(H,23,24)/t11-,12+/m0/s1. The zero-order valence-corrected chi connectivity index (χ0v) is 16.1. The molecule has 0 unspecified atom stereocenters. The second-order valence-electron chi connectivity index (χ2n) is 6.49. The number of nitrogens with one attached hydrogen (secondary N) is 2. The van der Waals surface area contributed by atoms with Crippen LogP contribution >= 0.6 is 11.6 Å². The number of H-pyrrole nitrogens is 1. The van der Waals surface area contributed by atoms with E-state index in [1.165, 1.54) is 6.07 Å². The van der Waals surface area contributed by atoms with Gasteiger partial charge in [0.15, 0.2) is 0 Å². The molecule has 2 aromatic heterocycles. The lowest BCUT2D eigenvalue weighted by molar-refractivity contribution is 0.0931. The van der Waals surface area contributed by atoms with Gasteiger partial charge in [0.1, 0.15) is 11.8 Å². The van der Waals surface area contributed by atoms with Gasteiger partial charge >= 0.3 is 0 Å². The van der Waals surface area contributed by atoms with E-state index in [0.29, 0.717) is 22.8 Å². The molecule has 0 aliphatic carbocycles. The smallest absolute Gasteiger partial charge is 0.272 e. The Bertz CT molecular complexity index is 1030. The number of nitriles is 1. The number of hydrogen-bond donors (Lipinski definition) is 3. The van der Waals surface area contributed by atoms with E-state index >= 15 is 0 Å². The molecule has 0 saturated carbocycles. The number of aromatic amines is 1. The van der Waals surface area contributed by atoms with Crippen molar-refractivity contribution in [2.24, 2.45) is 0 Å². The van der Waals surface area contributed by atoms with E-state index in [1.54, 1.807) is 29.8 Å². The molecule has 1 amide bonds. The molecule has 0 spiro atoms. The van der Waals surface area contributed by atoms with Crippen molar-refractivity contribution >= 4 is 17.5 Å². The Morgan fingerprint density at radius 1 is 1.39 bits per heavy atom.